The summed E-state index contributed by atoms with van der Waals surface area (Å²) in [5, 5.41) is 3.30. The molecule has 0 bridgehead atoms. The van der Waals surface area contributed by atoms with Crippen molar-refractivity contribution < 1.29 is 4.39 Å². The van der Waals surface area contributed by atoms with Crippen molar-refractivity contribution in [3.8, 4) is 0 Å². The van der Waals surface area contributed by atoms with Gasteiger partial charge < -0.3 is 5.32 Å². The first-order valence-electron chi connectivity index (χ1n) is 5.58. The van der Waals surface area contributed by atoms with Gasteiger partial charge in [0, 0.05) is 42.3 Å². The zero-order valence-corrected chi connectivity index (χ0v) is 10.9. The molecule has 1 fully saturated rings. The number of piperazine rings is 1. The third-order valence-electron chi connectivity index (χ3n) is 3.11. The summed E-state index contributed by atoms with van der Waals surface area (Å²) in [6, 6.07) is 5.45. The average molecular weight is 287 g/mol. The first-order valence-corrected chi connectivity index (χ1v) is 6.37. The van der Waals surface area contributed by atoms with E-state index in [1.165, 1.54) is 6.07 Å². The molecule has 0 saturated carbocycles. The molecule has 0 radical (unpaired) electrons. The Morgan fingerprint density at radius 3 is 2.69 bits per heavy atom. The van der Waals surface area contributed by atoms with Gasteiger partial charge in [0.15, 0.2) is 0 Å². The lowest BCUT2D eigenvalue weighted by Gasteiger charge is -2.33. The lowest BCUT2D eigenvalue weighted by atomic mass is 10.1. The summed E-state index contributed by atoms with van der Waals surface area (Å²) >= 11 is 3.28. The highest BCUT2D eigenvalue weighted by molar-refractivity contribution is 9.10. The molecule has 1 aromatic carbocycles. The number of hydrogen-bond acceptors (Lipinski definition) is 2. The monoisotopic (exact) mass is 286 g/mol. The van der Waals surface area contributed by atoms with Crippen LogP contribution in [0.1, 0.15) is 18.5 Å². The van der Waals surface area contributed by atoms with Gasteiger partial charge in [-0.1, -0.05) is 22.0 Å². The molecule has 1 atom stereocenters. The average Bonchev–Trinajstić information content (AvgIpc) is 2.29. The van der Waals surface area contributed by atoms with E-state index in [1.807, 2.05) is 12.1 Å². The van der Waals surface area contributed by atoms with E-state index >= 15 is 0 Å². The van der Waals surface area contributed by atoms with Crippen molar-refractivity contribution in [3.05, 3.63) is 34.1 Å². The second-order valence-corrected chi connectivity index (χ2v) is 5.04. The van der Waals surface area contributed by atoms with E-state index in [0.717, 1.165) is 36.2 Å². The first-order chi connectivity index (χ1) is 7.68. The van der Waals surface area contributed by atoms with Gasteiger partial charge in [-0.2, -0.15) is 0 Å². The Bertz CT molecular complexity index is 364. The molecule has 0 spiro atoms. The molecule has 0 unspecified atom stereocenters. The van der Waals surface area contributed by atoms with Crippen LogP contribution in [0.2, 0.25) is 0 Å². The summed E-state index contributed by atoms with van der Waals surface area (Å²) in [5.41, 5.74) is 0.783. The first kappa shape index (κ1) is 12.0. The molecule has 88 valence electrons. The smallest absolute Gasteiger partial charge is 0.129 e. The number of nitrogens with one attached hydrogen (secondary N) is 1. The highest BCUT2D eigenvalue weighted by Crippen LogP contribution is 2.25. The predicted octanol–water partition coefficient (Wildman–Crippen LogP) is 2.55. The molecule has 0 amide bonds. The molecule has 1 aliphatic rings. The molecule has 1 heterocycles. The summed E-state index contributed by atoms with van der Waals surface area (Å²) in [7, 11) is 0. The van der Waals surface area contributed by atoms with Crippen LogP contribution in [0.5, 0.6) is 0 Å². The summed E-state index contributed by atoms with van der Waals surface area (Å²) in [6.07, 6.45) is 0. The normalized spacial score (nSPS) is 19.7. The Balaban J connectivity index is 2.15. The van der Waals surface area contributed by atoms with E-state index in [1.54, 1.807) is 0 Å². The van der Waals surface area contributed by atoms with Gasteiger partial charge in [0.2, 0.25) is 0 Å². The summed E-state index contributed by atoms with van der Waals surface area (Å²) < 4.78 is 14.6. The van der Waals surface area contributed by atoms with Gasteiger partial charge in [0.1, 0.15) is 5.82 Å². The van der Waals surface area contributed by atoms with Crippen LogP contribution in [0.3, 0.4) is 0 Å². The van der Waals surface area contributed by atoms with Crippen molar-refractivity contribution in [2.75, 3.05) is 26.2 Å². The summed E-state index contributed by atoms with van der Waals surface area (Å²) in [6.45, 7) is 6.01. The second kappa shape index (κ2) is 5.25. The van der Waals surface area contributed by atoms with Crippen molar-refractivity contribution in [3.63, 3.8) is 0 Å². The van der Waals surface area contributed by atoms with E-state index in [4.69, 9.17) is 0 Å². The largest absolute Gasteiger partial charge is 0.314 e. The van der Waals surface area contributed by atoms with Gasteiger partial charge >= 0.3 is 0 Å². The van der Waals surface area contributed by atoms with Gasteiger partial charge in [0.05, 0.1) is 0 Å². The molecular formula is C12H16BrFN2. The zero-order chi connectivity index (χ0) is 11.5. The van der Waals surface area contributed by atoms with Gasteiger partial charge in [-0.25, -0.2) is 4.39 Å². The summed E-state index contributed by atoms with van der Waals surface area (Å²) in [4.78, 5) is 2.31. The fourth-order valence-corrected chi connectivity index (χ4v) is 2.44. The molecule has 4 heteroatoms. The van der Waals surface area contributed by atoms with Crippen molar-refractivity contribution in [1.29, 1.82) is 0 Å². The third-order valence-corrected chi connectivity index (χ3v) is 3.61. The molecule has 2 rings (SSSR count). The molecular weight excluding hydrogens is 271 g/mol. The third kappa shape index (κ3) is 2.62. The molecule has 1 aliphatic heterocycles. The zero-order valence-electron chi connectivity index (χ0n) is 9.34. The van der Waals surface area contributed by atoms with Crippen molar-refractivity contribution in [1.82, 2.24) is 10.2 Å². The second-order valence-electron chi connectivity index (χ2n) is 4.13. The number of hydrogen-bond donors (Lipinski definition) is 1. The van der Waals surface area contributed by atoms with Crippen LogP contribution < -0.4 is 5.32 Å². The van der Waals surface area contributed by atoms with E-state index in [-0.39, 0.29) is 11.9 Å². The van der Waals surface area contributed by atoms with Crippen molar-refractivity contribution in [2.24, 2.45) is 0 Å². The van der Waals surface area contributed by atoms with Crippen LogP contribution in [-0.2, 0) is 0 Å². The molecule has 1 N–H and O–H groups in total. The predicted molar refractivity (Wildman–Crippen MR) is 67.0 cm³/mol. The van der Waals surface area contributed by atoms with Crippen LogP contribution in [0.15, 0.2) is 22.7 Å². The van der Waals surface area contributed by atoms with Gasteiger partial charge in [-0.05, 0) is 19.1 Å². The molecule has 1 saturated heterocycles. The number of nitrogens with zero attached hydrogens (tertiary/aromatic N) is 1. The quantitative estimate of drug-likeness (QED) is 0.899. The number of benzene rings is 1. The van der Waals surface area contributed by atoms with Crippen LogP contribution >= 0.6 is 15.9 Å². The number of rotatable bonds is 2. The van der Waals surface area contributed by atoms with E-state index < -0.39 is 0 Å². The standard InChI is InChI=1S/C12H16BrFN2/c1-9(16-6-4-15-5-7-16)11-3-2-10(13)8-12(11)14/h2-3,8-9,15H,4-7H2,1H3/t9-/m0/s1. The maximum Gasteiger partial charge on any atom is 0.129 e. The molecule has 16 heavy (non-hydrogen) atoms. The van der Waals surface area contributed by atoms with Crippen LogP contribution in [0.25, 0.3) is 0 Å². The van der Waals surface area contributed by atoms with Crippen LogP contribution in [0, 0.1) is 5.82 Å². The fourth-order valence-electron chi connectivity index (χ4n) is 2.11. The number of halogens is 2. The maximum absolute atomic E-state index is 13.8. The molecule has 2 nitrogen and oxygen atoms in total. The van der Waals surface area contributed by atoms with Crippen molar-refractivity contribution in [2.45, 2.75) is 13.0 Å². The maximum atomic E-state index is 13.8. The van der Waals surface area contributed by atoms with Crippen molar-refractivity contribution >= 4 is 15.9 Å². The fraction of sp³-hybridized carbons (Fsp3) is 0.500. The van der Waals surface area contributed by atoms with E-state index in [0.29, 0.717) is 0 Å². The summed E-state index contributed by atoms with van der Waals surface area (Å²) in [5.74, 6) is -0.125. The van der Waals surface area contributed by atoms with Gasteiger partial charge in [-0.3, -0.25) is 4.90 Å². The van der Waals surface area contributed by atoms with E-state index in [2.05, 4.69) is 33.1 Å². The molecule has 0 aliphatic carbocycles. The molecule has 0 aromatic heterocycles. The van der Waals surface area contributed by atoms with Gasteiger partial charge in [-0.15, -0.1) is 0 Å². The lowest BCUT2D eigenvalue weighted by Crippen LogP contribution is -2.44. The van der Waals surface area contributed by atoms with Crippen LogP contribution in [0.4, 0.5) is 4.39 Å². The topological polar surface area (TPSA) is 15.3 Å². The highest BCUT2D eigenvalue weighted by Gasteiger charge is 2.20. The minimum Gasteiger partial charge on any atom is -0.314 e. The highest BCUT2D eigenvalue weighted by atomic mass is 79.9. The SMILES string of the molecule is C[C@@H](c1ccc(Br)cc1F)N1CCNCC1. The Hall–Kier alpha value is -0.450. The Morgan fingerprint density at radius 2 is 2.06 bits per heavy atom. The van der Waals surface area contributed by atoms with Crippen LogP contribution in [-0.4, -0.2) is 31.1 Å². The lowest BCUT2D eigenvalue weighted by molar-refractivity contribution is 0.182. The minimum atomic E-state index is -0.125. The van der Waals surface area contributed by atoms with E-state index in [9.17, 15) is 4.39 Å². The Labute approximate surface area is 104 Å². The van der Waals surface area contributed by atoms with Gasteiger partial charge in [0.25, 0.3) is 0 Å². The minimum absolute atomic E-state index is 0.125. The molecule has 1 aromatic rings. The Kier molecular flexibility index (Phi) is 3.95. The Morgan fingerprint density at radius 1 is 1.38 bits per heavy atom.